The van der Waals surface area contributed by atoms with Gasteiger partial charge in [-0.25, -0.2) is 4.79 Å². The average Bonchev–Trinajstić information content (AvgIpc) is 3.73. The summed E-state index contributed by atoms with van der Waals surface area (Å²) in [7, 11) is 0. The zero-order valence-electron chi connectivity index (χ0n) is 46.0. The second-order valence-corrected chi connectivity index (χ2v) is 20.6. The predicted molar refractivity (Wildman–Crippen MR) is 278 cm³/mol. The lowest BCUT2D eigenvalue weighted by molar-refractivity contribution is -0.846. The topological polar surface area (TPSA) is 504 Å². The van der Waals surface area contributed by atoms with E-state index in [1.54, 1.807) is 0 Å². The van der Waals surface area contributed by atoms with E-state index < -0.39 is 194 Å². The van der Waals surface area contributed by atoms with Gasteiger partial charge in [0.1, 0.15) is 28.9 Å². The van der Waals surface area contributed by atoms with Crippen LogP contribution in [-0.4, -0.2) is 408 Å². The Bertz CT molecular complexity index is 1890. The van der Waals surface area contributed by atoms with E-state index in [2.05, 4.69) is 5.32 Å². The van der Waals surface area contributed by atoms with E-state index in [1.807, 2.05) is 0 Å². The molecule has 0 aromatic rings. The third-order valence-corrected chi connectivity index (χ3v) is 15.2. The zero-order valence-corrected chi connectivity index (χ0v) is 46.0. The Morgan fingerprint density at radius 1 is 0.524 bits per heavy atom. The van der Waals surface area contributed by atoms with Crippen LogP contribution in [0.3, 0.4) is 0 Å². The molecule has 35 heteroatoms. The van der Waals surface area contributed by atoms with Gasteiger partial charge in [0.05, 0.1) is 131 Å². The van der Waals surface area contributed by atoms with Gasteiger partial charge < -0.3 is 101 Å². The van der Waals surface area contributed by atoms with Gasteiger partial charge in [-0.3, -0.25) is 67.3 Å². The van der Waals surface area contributed by atoms with Crippen molar-refractivity contribution in [2.45, 2.75) is 40.5 Å². The highest BCUT2D eigenvalue weighted by atomic mass is 16.5. The molecule has 82 heavy (non-hydrogen) atoms. The molecule has 0 aliphatic carbocycles. The Hall–Kier alpha value is -5.29. The molecular formula is C47H87N10O25+. The number of nitrogens with zero attached hydrogens (tertiary/aromatic N) is 9. The molecule has 0 saturated carbocycles. The van der Waals surface area contributed by atoms with Crippen molar-refractivity contribution in [3.8, 4) is 0 Å². The van der Waals surface area contributed by atoms with Gasteiger partial charge in [0.15, 0.2) is 0 Å². The van der Waals surface area contributed by atoms with Gasteiger partial charge in [0.25, 0.3) is 6.47 Å². The summed E-state index contributed by atoms with van der Waals surface area (Å²) in [4.78, 5) is 124. The number of aliphatic hydroxyl groups excluding tert-OH is 12. The fourth-order valence-corrected chi connectivity index (χ4v) is 9.29. The Morgan fingerprint density at radius 2 is 0.939 bits per heavy atom. The molecule has 1 atom stereocenters. The number of carbonyl (C=O) groups is 9. The molecule has 0 bridgehead atoms. The maximum absolute atomic E-state index is 14.3. The number of quaternary nitrogens is 1. The fraction of sp³-hybridized carbons (Fsp3) is 0.809. The van der Waals surface area contributed by atoms with Crippen LogP contribution < -0.4 is 5.32 Å². The molecule has 1 aliphatic rings. The predicted octanol–water partition coefficient (Wildman–Crippen LogP) is -12.3. The number of amides is 5. The minimum absolute atomic E-state index is 0.00643. The van der Waals surface area contributed by atoms with Crippen LogP contribution in [-0.2, 0) is 47.9 Å². The van der Waals surface area contributed by atoms with Gasteiger partial charge in [0.2, 0.25) is 25.1 Å². The van der Waals surface area contributed by atoms with Crippen LogP contribution in [0.25, 0.3) is 0 Å². The first kappa shape index (κ1) is 74.7. The number of aliphatic carboxylic acids is 3. The third kappa shape index (κ3) is 21.4. The molecule has 1 unspecified atom stereocenters. The van der Waals surface area contributed by atoms with E-state index in [1.165, 1.54) is 19.6 Å². The number of carboxylic acid groups (broad SMARTS) is 3. The first-order chi connectivity index (χ1) is 39.0. The van der Waals surface area contributed by atoms with Crippen LogP contribution >= 0.6 is 0 Å². The normalized spacial score (nSPS) is 15.4. The van der Waals surface area contributed by atoms with Gasteiger partial charge >= 0.3 is 24.3 Å². The molecule has 0 spiro atoms. The van der Waals surface area contributed by atoms with Gasteiger partial charge in [0, 0.05) is 84.8 Å². The lowest BCUT2D eigenvalue weighted by Gasteiger charge is -2.47. The largest absolute Gasteiger partial charge is 0.480 e. The Kier molecular flexibility index (Phi) is 33.8. The maximum Gasteiger partial charge on any atom is 0.317 e. The molecular weight excluding hydrogens is 1100 g/mol. The molecule has 1 fully saturated rings. The second kappa shape index (κ2) is 37.1. The van der Waals surface area contributed by atoms with Crippen LogP contribution in [0.2, 0.25) is 0 Å². The highest BCUT2D eigenvalue weighted by Crippen LogP contribution is 2.29. The van der Waals surface area contributed by atoms with Gasteiger partial charge in [-0.2, -0.15) is 0 Å². The van der Waals surface area contributed by atoms with Gasteiger partial charge in [-0.05, 0) is 0 Å². The molecule has 1 aliphatic heterocycles. The highest BCUT2D eigenvalue weighted by molar-refractivity contribution is 5.77. The van der Waals surface area contributed by atoms with E-state index in [0.717, 1.165) is 19.6 Å². The van der Waals surface area contributed by atoms with Crippen molar-refractivity contribution < 1.29 is 129 Å². The van der Waals surface area contributed by atoms with Crippen molar-refractivity contribution in [1.82, 2.24) is 44.5 Å². The molecule has 1 heterocycles. The number of rotatable bonds is 50. The number of ether oxygens (including phenoxy) is 1. The zero-order chi connectivity index (χ0) is 62.2. The minimum Gasteiger partial charge on any atom is -0.480 e. The molecule has 0 aromatic carbocycles. The number of nitrogens with one attached hydrogen (secondary N) is 1. The van der Waals surface area contributed by atoms with Crippen molar-refractivity contribution in [1.29, 1.82) is 0 Å². The molecule has 1 saturated heterocycles. The number of carbonyl (C=O) groups excluding carboxylic acids is 6. The smallest absolute Gasteiger partial charge is 0.317 e. The van der Waals surface area contributed by atoms with Crippen molar-refractivity contribution in [3.05, 3.63) is 0 Å². The minimum atomic E-state index is -2.04. The fourth-order valence-electron chi connectivity index (χ4n) is 9.29. The van der Waals surface area contributed by atoms with Crippen molar-refractivity contribution >= 4 is 55.9 Å². The van der Waals surface area contributed by atoms with Crippen LogP contribution in [0.15, 0.2) is 0 Å². The van der Waals surface area contributed by atoms with Crippen LogP contribution in [0, 0.1) is 0 Å². The van der Waals surface area contributed by atoms with Crippen LogP contribution in [0.1, 0.15) is 12.8 Å². The number of aliphatic hydroxyl groups is 12. The van der Waals surface area contributed by atoms with Crippen molar-refractivity contribution in [2.24, 2.45) is 0 Å². The maximum atomic E-state index is 14.3. The number of hydrogen-bond acceptors (Lipinski definition) is 27. The molecule has 0 radical (unpaired) electrons. The third-order valence-electron chi connectivity index (χ3n) is 15.2. The lowest BCUT2D eigenvalue weighted by atomic mass is 9.90. The van der Waals surface area contributed by atoms with Crippen molar-refractivity contribution in [3.63, 3.8) is 0 Å². The number of hydrogen-bond donors (Lipinski definition) is 16. The number of carboxylic acids is 3. The highest BCUT2D eigenvalue weighted by Gasteiger charge is 2.47. The first-order valence-electron chi connectivity index (χ1n) is 26.0. The molecule has 474 valence electrons. The van der Waals surface area contributed by atoms with Gasteiger partial charge in [-0.15, -0.1) is 0 Å². The summed E-state index contributed by atoms with van der Waals surface area (Å²) in [6, 6.07) is 0. The van der Waals surface area contributed by atoms with E-state index >= 15 is 0 Å². The molecule has 0 aromatic heterocycles. The summed E-state index contributed by atoms with van der Waals surface area (Å²) in [5.41, 5.74) is -9.49. The summed E-state index contributed by atoms with van der Waals surface area (Å²) < 4.78 is 4.31. The monoisotopic (exact) mass is 1190 g/mol. The van der Waals surface area contributed by atoms with E-state index in [4.69, 9.17) is 4.74 Å². The Balaban J connectivity index is 4.43. The summed E-state index contributed by atoms with van der Waals surface area (Å²) in [6.07, 6.45) is 0.234. The van der Waals surface area contributed by atoms with Crippen LogP contribution in [0.5, 0.6) is 0 Å². The van der Waals surface area contributed by atoms with Gasteiger partial charge in [-0.1, -0.05) is 0 Å². The molecule has 16 N–H and O–H groups in total. The van der Waals surface area contributed by atoms with Crippen molar-refractivity contribution in [2.75, 3.05) is 204 Å². The second-order valence-electron chi connectivity index (χ2n) is 20.6. The van der Waals surface area contributed by atoms with E-state index in [0.29, 0.717) is 6.41 Å². The van der Waals surface area contributed by atoms with E-state index in [-0.39, 0.29) is 104 Å². The molecule has 35 nitrogen and oxygen atoms in total. The summed E-state index contributed by atoms with van der Waals surface area (Å²) >= 11 is 0. The standard InChI is InChI=1S/C47H86N10O25/c58-20-43(21-59,22-60)48-39(75)1-3-49(6-8-53(33-70)45(23-61,24-62)25-63)10-13-57(37-73,14-11-50(32-56(35-72)47(29-67,30-68)31-69)7-9-54(34-71)46(26-64,27-65)28-66)12-2-44(55(17-42(80)81)36-82-38-74)18-51(15-40(76)77)4-5-52(19-44)16-41(78)79/h33-35,37-38,58-69H,1-32,36H2,(H3-,48,75,76,77,78,79,80,81)/p+1. The Morgan fingerprint density at radius 3 is 1.30 bits per heavy atom. The quantitative estimate of drug-likeness (QED) is 0.0153. The Labute approximate surface area is 473 Å². The molecule has 5 amide bonds. The summed E-state index contributed by atoms with van der Waals surface area (Å²) in [5, 5.41) is 155. The lowest BCUT2D eigenvalue weighted by Crippen LogP contribution is -2.65. The first-order valence-corrected chi connectivity index (χ1v) is 26.0. The SMILES string of the molecule is O=COCN(CC(=O)O)C1(CC[N+](C=O)(CCN(CCC(=O)NC(CO)(CO)CO)CCN(C=O)C(CO)(CO)CO)CCN(CCN(C=O)C(CO)(CO)CO)CN(C=O)C(CO)(CO)CO)CN(CC(=O)O)CCN(CC(=O)O)C1. The van der Waals surface area contributed by atoms with Crippen LogP contribution in [0.4, 0.5) is 0 Å². The average molecular weight is 1190 g/mol. The molecule has 1 rings (SSSR count). The summed E-state index contributed by atoms with van der Waals surface area (Å²) in [6.45, 7) is -19.3. The van der Waals surface area contributed by atoms with E-state index in [9.17, 15) is 120 Å². The summed E-state index contributed by atoms with van der Waals surface area (Å²) in [5.74, 6) is -4.98.